The summed E-state index contributed by atoms with van der Waals surface area (Å²) in [7, 11) is 0. The fourth-order valence-electron chi connectivity index (χ4n) is 1.29. The Hall–Kier alpha value is -0.240. The molecule has 0 spiro atoms. The highest BCUT2D eigenvalue weighted by molar-refractivity contribution is 4.69. The Balaban J connectivity index is 0.000000325. The van der Waals surface area contributed by atoms with Crippen LogP contribution in [0.4, 0.5) is 0 Å². The van der Waals surface area contributed by atoms with E-state index in [0.717, 1.165) is 0 Å². The highest BCUT2D eigenvalue weighted by Gasteiger charge is 2.31. The third kappa shape index (κ3) is 8.48. The Bertz CT molecular complexity index is 185. The summed E-state index contributed by atoms with van der Waals surface area (Å²) in [5.74, 6) is -0.445. The number of aliphatic hydroxyl groups is 4. The lowest BCUT2D eigenvalue weighted by Crippen LogP contribution is -2.21. The fraction of sp³-hybridized carbons (Fsp3) is 1.00. The zero-order chi connectivity index (χ0) is 13.3. The van der Waals surface area contributed by atoms with Crippen molar-refractivity contribution in [3.63, 3.8) is 0 Å². The summed E-state index contributed by atoms with van der Waals surface area (Å²) in [4.78, 5) is 0. The van der Waals surface area contributed by atoms with Crippen LogP contribution in [0, 0.1) is 0 Å². The molecule has 1 saturated heterocycles. The maximum Gasteiger partial charge on any atom is 0.163 e. The van der Waals surface area contributed by atoms with Crippen LogP contribution in [0.5, 0.6) is 0 Å². The van der Waals surface area contributed by atoms with Gasteiger partial charge in [0.25, 0.3) is 0 Å². The number of aliphatic hydroxyl groups excluding tert-OH is 4. The van der Waals surface area contributed by atoms with Gasteiger partial charge in [-0.05, 0) is 26.7 Å². The van der Waals surface area contributed by atoms with E-state index >= 15 is 0 Å². The molecule has 0 saturated carbocycles. The molecular weight excluding hydrogens is 228 g/mol. The molecule has 0 aromatic carbocycles. The van der Waals surface area contributed by atoms with Crippen LogP contribution in [0.15, 0.2) is 0 Å². The van der Waals surface area contributed by atoms with Gasteiger partial charge in [-0.25, -0.2) is 0 Å². The average molecular weight is 252 g/mol. The number of hydrogen-bond donors (Lipinski definition) is 4. The minimum Gasteiger partial charge on any atom is -0.396 e. The molecule has 1 fully saturated rings. The highest BCUT2D eigenvalue weighted by atomic mass is 16.7. The molecular formula is C11H24O6. The summed E-state index contributed by atoms with van der Waals surface area (Å²) in [6.07, 6.45) is 0.268. The van der Waals surface area contributed by atoms with Crippen LogP contribution in [-0.4, -0.2) is 64.8 Å². The van der Waals surface area contributed by atoms with E-state index in [-0.39, 0.29) is 32.3 Å². The number of rotatable bonds is 5. The van der Waals surface area contributed by atoms with E-state index in [1.807, 2.05) is 13.8 Å². The Morgan fingerprint density at radius 1 is 1.24 bits per heavy atom. The summed E-state index contributed by atoms with van der Waals surface area (Å²) >= 11 is 0. The number of ether oxygens (including phenoxy) is 2. The predicted molar refractivity (Wildman–Crippen MR) is 61.4 cm³/mol. The molecule has 104 valence electrons. The standard InChI is InChI=1S/C7H14O3.C4H10O3/c1-7(2)9-5-6(10-7)3-4-8;5-2-1-4(7)3-6/h6,8H,3-5H2,1-2H3;4-7H,1-3H2/t6-;4-/m00/s1. The monoisotopic (exact) mass is 252 g/mol. The van der Waals surface area contributed by atoms with Crippen molar-refractivity contribution in [2.24, 2.45) is 0 Å². The lowest BCUT2D eigenvalue weighted by molar-refractivity contribution is -0.139. The van der Waals surface area contributed by atoms with Crippen LogP contribution in [0.25, 0.3) is 0 Å². The summed E-state index contributed by atoms with van der Waals surface area (Å²) < 4.78 is 10.7. The van der Waals surface area contributed by atoms with Crippen LogP contribution >= 0.6 is 0 Å². The van der Waals surface area contributed by atoms with Crippen molar-refractivity contribution in [1.82, 2.24) is 0 Å². The van der Waals surface area contributed by atoms with E-state index in [1.54, 1.807) is 0 Å². The van der Waals surface area contributed by atoms with Gasteiger partial charge in [0, 0.05) is 13.2 Å². The molecule has 1 aliphatic heterocycles. The molecule has 0 aromatic rings. The van der Waals surface area contributed by atoms with E-state index in [0.29, 0.717) is 13.0 Å². The van der Waals surface area contributed by atoms with Crippen molar-refractivity contribution < 1.29 is 29.9 Å². The molecule has 0 amide bonds. The summed E-state index contributed by atoms with van der Waals surface area (Å²) in [5.41, 5.74) is 0. The molecule has 0 aliphatic carbocycles. The predicted octanol–water partition coefficient (Wildman–Crippen LogP) is -0.758. The van der Waals surface area contributed by atoms with E-state index in [4.69, 9.17) is 29.9 Å². The van der Waals surface area contributed by atoms with Gasteiger partial charge in [0.05, 0.1) is 25.4 Å². The van der Waals surface area contributed by atoms with Gasteiger partial charge in [0.1, 0.15) is 0 Å². The highest BCUT2D eigenvalue weighted by Crippen LogP contribution is 2.23. The molecule has 1 rings (SSSR count). The molecule has 0 aromatic heterocycles. The third-order valence-electron chi connectivity index (χ3n) is 2.19. The Morgan fingerprint density at radius 3 is 2.18 bits per heavy atom. The van der Waals surface area contributed by atoms with Gasteiger partial charge in [0.15, 0.2) is 5.79 Å². The lowest BCUT2D eigenvalue weighted by atomic mass is 10.3. The summed E-state index contributed by atoms with van der Waals surface area (Å²) in [5, 5.41) is 33.2. The van der Waals surface area contributed by atoms with Crippen LogP contribution in [0.3, 0.4) is 0 Å². The normalized spacial score (nSPS) is 24.0. The Labute approximate surface area is 102 Å². The average Bonchev–Trinajstić information content (AvgIpc) is 2.60. The molecule has 17 heavy (non-hydrogen) atoms. The first-order valence-corrected chi connectivity index (χ1v) is 5.77. The minimum atomic E-state index is -0.745. The van der Waals surface area contributed by atoms with Gasteiger partial charge < -0.3 is 29.9 Å². The van der Waals surface area contributed by atoms with Crippen molar-refractivity contribution in [2.75, 3.05) is 26.4 Å². The third-order valence-corrected chi connectivity index (χ3v) is 2.19. The molecule has 6 heteroatoms. The lowest BCUT2D eigenvalue weighted by Gasteiger charge is -2.16. The second kappa shape index (κ2) is 8.79. The van der Waals surface area contributed by atoms with E-state index in [2.05, 4.69) is 0 Å². The first kappa shape index (κ1) is 16.8. The quantitative estimate of drug-likeness (QED) is 0.513. The second-order valence-corrected chi connectivity index (χ2v) is 4.31. The van der Waals surface area contributed by atoms with E-state index in [1.165, 1.54) is 0 Å². The van der Waals surface area contributed by atoms with Crippen molar-refractivity contribution in [3.8, 4) is 0 Å². The zero-order valence-corrected chi connectivity index (χ0v) is 10.5. The van der Waals surface area contributed by atoms with Gasteiger partial charge in [-0.1, -0.05) is 0 Å². The maximum atomic E-state index is 8.56. The van der Waals surface area contributed by atoms with Crippen molar-refractivity contribution in [3.05, 3.63) is 0 Å². The molecule has 0 unspecified atom stereocenters. The largest absolute Gasteiger partial charge is 0.396 e. The molecule has 0 bridgehead atoms. The first-order chi connectivity index (χ1) is 7.95. The summed E-state index contributed by atoms with van der Waals surface area (Å²) in [6, 6.07) is 0. The maximum absolute atomic E-state index is 8.56. The first-order valence-electron chi connectivity index (χ1n) is 5.77. The second-order valence-electron chi connectivity index (χ2n) is 4.31. The van der Waals surface area contributed by atoms with Crippen molar-refractivity contribution in [2.45, 2.75) is 44.7 Å². The molecule has 1 aliphatic rings. The zero-order valence-electron chi connectivity index (χ0n) is 10.5. The molecule has 6 nitrogen and oxygen atoms in total. The van der Waals surface area contributed by atoms with Crippen LogP contribution in [0.1, 0.15) is 26.7 Å². The fourth-order valence-corrected chi connectivity index (χ4v) is 1.29. The minimum absolute atomic E-state index is 0.0677. The van der Waals surface area contributed by atoms with Gasteiger partial charge in [-0.2, -0.15) is 0 Å². The molecule has 1 heterocycles. The van der Waals surface area contributed by atoms with Gasteiger partial charge >= 0.3 is 0 Å². The van der Waals surface area contributed by atoms with Crippen molar-refractivity contribution >= 4 is 0 Å². The smallest absolute Gasteiger partial charge is 0.163 e. The summed E-state index contributed by atoms with van der Waals surface area (Å²) in [6.45, 7) is 4.20. The molecule has 4 N–H and O–H groups in total. The Morgan fingerprint density at radius 2 is 1.88 bits per heavy atom. The van der Waals surface area contributed by atoms with Crippen LogP contribution < -0.4 is 0 Å². The Kier molecular flexibility index (Phi) is 8.67. The van der Waals surface area contributed by atoms with Gasteiger partial charge in [0.2, 0.25) is 0 Å². The van der Waals surface area contributed by atoms with Crippen LogP contribution in [0.2, 0.25) is 0 Å². The van der Waals surface area contributed by atoms with E-state index < -0.39 is 11.9 Å². The topological polar surface area (TPSA) is 99.4 Å². The molecule has 2 atom stereocenters. The van der Waals surface area contributed by atoms with Crippen LogP contribution in [-0.2, 0) is 9.47 Å². The number of hydrogen-bond acceptors (Lipinski definition) is 6. The molecule has 0 radical (unpaired) electrons. The van der Waals surface area contributed by atoms with Crippen molar-refractivity contribution in [1.29, 1.82) is 0 Å². The SMILES string of the molecule is CC1(C)OC[C@H](CCO)O1.OCC[C@H](O)CO. The van der Waals surface area contributed by atoms with Gasteiger partial charge in [-0.3, -0.25) is 0 Å². The van der Waals surface area contributed by atoms with E-state index in [9.17, 15) is 0 Å². The van der Waals surface area contributed by atoms with Gasteiger partial charge in [-0.15, -0.1) is 0 Å².